The lowest BCUT2D eigenvalue weighted by Crippen LogP contribution is -2.50. The first-order chi connectivity index (χ1) is 14.5. The average Bonchev–Trinajstić information content (AvgIpc) is 2.45. The van der Waals surface area contributed by atoms with Gasteiger partial charge in [-0.05, 0) is 0 Å². The van der Waals surface area contributed by atoms with Crippen molar-refractivity contribution >= 4 is 22.1 Å². The van der Waals surface area contributed by atoms with Gasteiger partial charge < -0.3 is 9.47 Å². The van der Waals surface area contributed by atoms with E-state index in [1.54, 1.807) is 0 Å². The maximum absolute atomic E-state index is 13.2. The molecule has 1 atom stereocenters. The second-order valence-electron chi connectivity index (χ2n) is 6.13. The number of halogens is 14. The van der Waals surface area contributed by atoms with Crippen LogP contribution in [0.4, 0.5) is 61.5 Å². The Morgan fingerprint density at radius 2 is 1.00 bits per heavy atom. The molecule has 0 heterocycles. The first kappa shape index (κ1) is 31.9. The molecule has 1 N–H and O–H groups in total. The SMILES string of the molecule is O=C(CC(C(=O)OC(F)(F)C(F)(F)CC(F)(F)F)S(=O)(=O)O)OC(F)(F)C(F)(F)CC(F)(F)F. The van der Waals surface area contributed by atoms with Crippen molar-refractivity contribution in [2.24, 2.45) is 0 Å². The van der Waals surface area contributed by atoms with E-state index < -0.39 is 83.0 Å². The third-order valence-corrected chi connectivity index (χ3v) is 4.22. The zero-order valence-electron chi connectivity index (χ0n) is 15.3. The molecule has 0 aromatic heterocycles. The van der Waals surface area contributed by atoms with Gasteiger partial charge in [0.25, 0.3) is 10.1 Å². The number of esters is 2. The molecule has 0 bridgehead atoms. The predicted octanol–water partition coefficient (Wildman–Crippen LogP) is 4.08. The number of alkyl halides is 14. The van der Waals surface area contributed by atoms with Gasteiger partial charge in [-0.15, -0.1) is 0 Å². The summed E-state index contributed by atoms with van der Waals surface area (Å²) < 4.78 is 212. The molecule has 0 amide bonds. The van der Waals surface area contributed by atoms with E-state index in [1.807, 2.05) is 0 Å². The van der Waals surface area contributed by atoms with Crippen molar-refractivity contribution in [1.29, 1.82) is 0 Å². The standard InChI is InChI=1S/C12H8F14O7S/c13-7(14,2-9(17,18)19)11(23,24)32-5(27)1-4(34(29,30)31)6(28)33-12(25,26)8(15,16)3-10(20,21)22/h4H,1-3H2,(H,29,30,31). The summed E-state index contributed by atoms with van der Waals surface area (Å²) in [6.45, 7) is 0. The third-order valence-electron chi connectivity index (χ3n) is 3.14. The molecule has 7 nitrogen and oxygen atoms in total. The lowest BCUT2D eigenvalue weighted by molar-refractivity contribution is -0.352. The fraction of sp³-hybridized carbons (Fsp3) is 0.833. The van der Waals surface area contributed by atoms with Crippen molar-refractivity contribution in [1.82, 2.24) is 0 Å². The topological polar surface area (TPSA) is 107 Å². The summed E-state index contributed by atoms with van der Waals surface area (Å²) in [5, 5.41) is -3.96. The minimum Gasteiger partial charge on any atom is -0.396 e. The van der Waals surface area contributed by atoms with E-state index in [1.165, 1.54) is 0 Å². The van der Waals surface area contributed by atoms with Crippen molar-refractivity contribution < 1.29 is 93.5 Å². The van der Waals surface area contributed by atoms with E-state index in [-0.39, 0.29) is 0 Å². The van der Waals surface area contributed by atoms with E-state index in [0.717, 1.165) is 0 Å². The molecule has 0 saturated carbocycles. The van der Waals surface area contributed by atoms with Crippen LogP contribution in [0, 0.1) is 0 Å². The molecule has 0 rings (SSSR count). The number of carbonyl (C=O) groups is 2. The highest BCUT2D eigenvalue weighted by Crippen LogP contribution is 2.44. The Labute approximate surface area is 177 Å². The first-order valence-corrected chi connectivity index (χ1v) is 9.09. The van der Waals surface area contributed by atoms with Crippen LogP contribution in [-0.4, -0.2) is 66.6 Å². The van der Waals surface area contributed by atoms with Crippen LogP contribution < -0.4 is 0 Å². The van der Waals surface area contributed by atoms with E-state index in [2.05, 4.69) is 9.47 Å². The molecule has 0 aliphatic rings. The van der Waals surface area contributed by atoms with Crippen molar-refractivity contribution in [2.75, 3.05) is 0 Å². The summed E-state index contributed by atoms with van der Waals surface area (Å²) in [6.07, 6.45) is -34.9. The number of hydrogen-bond donors (Lipinski definition) is 1. The Balaban J connectivity index is 5.73. The molecular weight excluding hydrogens is 554 g/mol. The molecule has 22 heteroatoms. The molecule has 1 unspecified atom stereocenters. The van der Waals surface area contributed by atoms with Crippen LogP contribution in [0.3, 0.4) is 0 Å². The first-order valence-electron chi connectivity index (χ1n) is 7.59. The van der Waals surface area contributed by atoms with Crippen LogP contribution >= 0.6 is 0 Å². The smallest absolute Gasteiger partial charge is 0.396 e. The van der Waals surface area contributed by atoms with Gasteiger partial charge in [0.15, 0.2) is 5.25 Å². The van der Waals surface area contributed by atoms with Gasteiger partial charge in [-0.3, -0.25) is 14.1 Å². The van der Waals surface area contributed by atoms with Crippen LogP contribution in [0.1, 0.15) is 19.3 Å². The molecule has 0 aromatic carbocycles. The van der Waals surface area contributed by atoms with E-state index in [4.69, 9.17) is 4.55 Å². The van der Waals surface area contributed by atoms with Crippen molar-refractivity contribution in [3.8, 4) is 0 Å². The largest absolute Gasteiger partial charge is 0.466 e. The molecule has 0 saturated heterocycles. The predicted molar refractivity (Wildman–Crippen MR) is 73.3 cm³/mol. The van der Waals surface area contributed by atoms with Gasteiger partial charge in [-0.2, -0.15) is 69.9 Å². The summed E-state index contributed by atoms with van der Waals surface area (Å²) in [5.41, 5.74) is 0. The molecule has 0 aliphatic heterocycles. The number of carbonyl (C=O) groups excluding carboxylic acids is 2. The van der Waals surface area contributed by atoms with Gasteiger partial charge >= 0.3 is 48.4 Å². The molecule has 34 heavy (non-hydrogen) atoms. The zero-order chi connectivity index (χ0) is 27.8. The van der Waals surface area contributed by atoms with Crippen LogP contribution in [0.2, 0.25) is 0 Å². The van der Waals surface area contributed by atoms with Gasteiger partial charge in [-0.1, -0.05) is 0 Å². The zero-order valence-corrected chi connectivity index (χ0v) is 16.1. The van der Waals surface area contributed by atoms with E-state index >= 15 is 0 Å². The quantitative estimate of drug-likeness (QED) is 0.243. The number of hydrogen-bond acceptors (Lipinski definition) is 6. The Bertz CT molecular complexity index is 861. The molecular formula is C12H8F14O7S. The van der Waals surface area contributed by atoms with Crippen molar-refractivity contribution in [2.45, 2.75) is 60.9 Å². The fourth-order valence-corrected chi connectivity index (χ4v) is 2.33. The highest BCUT2D eigenvalue weighted by atomic mass is 32.2. The second kappa shape index (κ2) is 9.49. The van der Waals surface area contributed by atoms with Gasteiger partial charge in [0.05, 0.1) is 6.42 Å². The highest BCUT2D eigenvalue weighted by molar-refractivity contribution is 7.87. The third kappa shape index (κ3) is 9.25. The maximum atomic E-state index is 13.2. The van der Waals surface area contributed by atoms with Crippen molar-refractivity contribution in [3.63, 3.8) is 0 Å². The summed E-state index contributed by atoms with van der Waals surface area (Å²) in [5.74, 6) is -19.0. The highest BCUT2D eigenvalue weighted by Gasteiger charge is 2.66. The van der Waals surface area contributed by atoms with Crippen LogP contribution in [0.5, 0.6) is 0 Å². The van der Waals surface area contributed by atoms with Gasteiger partial charge in [0.1, 0.15) is 12.8 Å². The lowest BCUT2D eigenvalue weighted by atomic mass is 10.2. The Kier molecular flexibility index (Phi) is 8.90. The van der Waals surface area contributed by atoms with Crippen LogP contribution in [0.25, 0.3) is 0 Å². The Morgan fingerprint density at radius 1 is 0.676 bits per heavy atom. The van der Waals surface area contributed by atoms with E-state index in [9.17, 15) is 79.5 Å². The maximum Gasteiger partial charge on any atom is 0.466 e. The Hall–Kier alpha value is -2.13. The molecule has 0 aromatic rings. The van der Waals surface area contributed by atoms with Gasteiger partial charge in [0.2, 0.25) is 0 Å². The number of rotatable bonds is 10. The van der Waals surface area contributed by atoms with Crippen LogP contribution in [0.15, 0.2) is 0 Å². The Morgan fingerprint density at radius 3 is 1.29 bits per heavy atom. The molecule has 0 fully saturated rings. The van der Waals surface area contributed by atoms with Crippen molar-refractivity contribution in [3.05, 3.63) is 0 Å². The summed E-state index contributed by atoms with van der Waals surface area (Å²) >= 11 is 0. The molecule has 0 aliphatic carbocycles. The van der Waals surface area contributed by atoms with Gasteiger partial charge in [-0.25, -0.2) is 0 Å². The molecule has 0 radical (unpaired) electrons. The lowest BCUT2D eigenvalue weighted by Gasteiger charge is -2.28. The molecule has 202 valence electrons. The average molecular weight is 562 g/mol. The molecule has 0 spiro atoms. The second-order valence-corrected chi connectivity index (χ2v) is 7.73. The number of ether oxygens (including phenoxy) is 2. The summed E-state index contributed by atoms with van der Waals surface area (Å²) in [4.78, 5) is 22.6. The minimum atomic E-state index is -6.50. The van der Waals surface area contributed by atoms with Crippen LogP contribution in [-0.2, 0) is 29.2 Å². The van der Waals surface area contributed by atoms with Gasteiger partial charge in [0, 0.05) is 0 Å². The summed E-state index contributed by atoms with van der Waals surface area (Å²) in [6, 6.07) is 0. The monoisotopic (exact) mass is 562 g/mol. The summed E-state index contributed by atoms with van der Waals surface area (Å²) in [7, 11) is -6.32. The fourth-order valence-electron chi connectivity index (χ4n) is 1.70. The normalized spacial score (nSPS) is 15.6. The minimum absolute atomic E-state index is 2.55. The van der Waals surface area contributed by atoms with E-state index in [0.29, 0.717) is 0 Å².